The van der Waals surface area contributed by atoms with Crippen LogP contribution in [0.5, 0.6) is 5.75 Å². The van der Waals surface area contributed by atoms with Crippen molar-refractivity contribution in [2.24, 2.45) is 5.92 Å². The molecule has 0 fully saturated rings. The van der Waals surface area contributed by atoms with Gasteiger partial charge in [-0.1, -0.05) is 43.1 Å². The van der Waals surface area contributed by atoms with Gasteiger partial charge in [-0.3, -0.25) is 25.2 Å². The Morgan fingerprint density at radius 1 is 1.00 bits per heavy atom. The fourth-order valence-electron chi connectivity index (χ4n) is 2.73. The molecule has 7 nitrogen and oxygen atoms in total. The van der Waals surface area contributed by atoms with E-state index >= 15 is 0 Å². The number of anilines is 1. The van der Waals surface area contributed by atoms with Crippen LogP contribution in [-0.4, -0.2) is 24.3 Å². The van der Waals surface area contributed by atoms with Gasteiger partial charge < -0.3 is 10.1 Å². The Hall–Kier alpha value is -2.87. The van der Waals surface area contributed by atoms with Gasteiger partial charge in [-0.2, -0.15) is 0 Å². The monoisotopic (exact) mass is 503 g/mol. The zero-order chi connectivity index (χ0) is 23.5. The molecular weight excluding hydrogens is 474 g/mol. The smallest absolute Gasteiger partial charge is 0.273 e. The van der Waals surface area contributed by atoms with Crippen molar-refractivity contribution in [3.8, 4) is 5.75 Å². The first-order valence-electron chi connectivity index (χ1n) is 10.7. The van der Waals surface area contributed by atoms with E-state index in [0.29, 0.717) is 41.5 Å². The first-order valence-corrected chi connectivity index (χ1v) is 11.5. The van der Waals surface area contributed by atoms with E-state index < -0.39 is 11.8 Å². The van der Waals surface area contributed by atoms with Crippen LogP contribution in [-0.2, 0) is 4.79 Å². The second-order valence-electron chi connectivity index (χ2n) is 7.81. The van der Waals surface area contributed by atoms with E-state index in [4.69, 9.17) is 4.74 Å². The van der Waals surface area contributed by atoms with E-state index in [-0.39, 0.29) is 5.91 Å². The number of rotatable bonds is 10. The van der Waals surface area contributed by atoms with Crippen molar-refractivity contribution in [3.63, 3.8) is 0 Å². The second kappa shape index (κ2) is 12.9. The van der Waals surface area contributed by atoms with E-state index in [0.717, 1.165) is 23.7 Å². The summed E-state index contributed by atoms with van der Waals surface area (Å²) in [6.07, 6.45) is 3.10. The molecule has 8 heteroatoms. The standard InChI is InChI=1S/C24H30BrN3O4/c1-4-5-6-22(29)26-19-10-7-17(8-11-19)23(30)27-28-24(31)20-15-18(25)9-12-21(20)32-14-13-16(2)3/h7-12,15-16H,4-6,13-14H2,1-3H3,(H,26,29)(H,27,30)(H,28,31). The summed E-state index contributed by atoms with van der Waals surface area (Å²) in [5.41, 5.74) is 6.11. The summed E-state index contributed by atoms with van der Waals surface area (Å²) < 4.78 is 6.48. The largest absolute Gasteiger partial charge is 0.493 e. The highest BCUT2D eigenvalue weighted by Gasteiger charge is 2.15. The van der Waals surface area contributed by atoms with Gasteiger partial charge in [-0.25, -0.2) is 0 Å². The van der Waals surface area contributed by atoms with Gasteiger partial charge in [-0.15, -0.1) is 0 Å². The molecule has 0 heterocycles. The maximum Gasteiger partial charge on any atom is 0.273 e. The Balaban J connectivity index is 1.94. The molecule has 0 saturated heterocycles. The molecule has 0 spiro atoms. The quantitative estimate of drug-likeness (QED) is 0.394. The van der Waals surface area contributed by atoms with Gasteiger partial charge in [0.15, 0.2) is 0 Å². The third kappa shape index (κ3) is 8.34. The first-order chi connectivity index (χ1) is 15.3. The van der Waals surface area contributed by atoms with Crippen LogP contribution in [0.25, 0.3) is 0 Å². The van der Waals surface area contributed by atoms with Crippen molar-refractivity contribution in [3.05, 3.63) is 58.1 Å². The van der Waals surface area contributed by atoms with Gasteiger partial charge >= 0.3 is 0 Å². The number of hydrogen-bond acceptors (Lipinski definition) is 4. The summed E-state index contributed by atoms with van der Waals surface area (Å²) in [5.74, 6) is -0.0860. The minimum absolute atomic E-state index is 0.0586. The molecule has 3 N–H and O–H groups in total. The van der Waals surface area contributed by atoms with E-state index in [1.54, 1.807) is 42.5 Å². The van der Waals surface area contributed by atoms with Crippen LogP contribution in [0.4, 0.5) is 5.69 Å². The molecule has 2 rings (SSSR count). The highest BCUT2D eigenvalue weighted by molar-refractivity contribution is 9.10. The van der Waals surface area contributed by atoms with Gasteiger partial charge in [0, 0.05) is 22.1 Å². The average Bonchev–Trinajstić information content (AvgIpc) is 2.77. The molecule has 2 aromatic carbocycles. The fraction of sp³-hybridized carbons (Fsp3) is 0.375. The van der Waals surface area contributed by atoms with Gasteiger partial charge in [0.05, 0.1) is 12.2 Å². The number of carbonyl (C=O) groups excluding carboxylic acids is 3. The van der Waals surface area contributed by atoms with Crippen molar-refractivity contribution < 1.29 is 19.1 Å². The molecule has 32 heavy (non-hydrogen) atoms. The highest BCUT2D eigenvalue weighted by atomic mass is 79.9. The second-order valence-corrected chi connectivity index (χ2v) is 8.72. The molecular formula is C24H30BrN3O4. The number of ether oxygens (including phenoxy) is 1. The Labute approximate surface area is 197 Å². The summed E-state index contributed by atoms with van der Waals surface area (Å²) >= 11 is 3.36. The molecule has 172 valence electrons. The van der Waals surface area contributed by atoms with Crippen molar-refractivity contribution in [2.75, 3.05) is 11.9 Å². The summed E-state index contributed by atoms with van der Waals surface area (Å²) in [6, 6.07) is 11.6. The minimum Gasteiger partial charge on any atom is -0.493 e. The van der Waals surface area contributed by atoms with Crippen LogP contribution in [0.3, 0.4) is 0 Å². The molecule has 0 atom stereocenters. The number of halogens is 1. The van der Waals surface area contributed by atoms with Crippen molar-refractivity contribution >= 4 is 39.3 Å². The van der Waals surface area contributed by atoms with Crippen LogP contribution in [0, 0.1) is 5.92 Å². The molecule has 0 bridgehead atoms. The van der Waals surface area contributed by atoms with Crippen LogP contribution >= 0.6 is 15.9 Å². The third-order valence-electron chi connectivity index (χ3n) is 4.62. The molecule has 0 radical (unpaired) electrons. The zero-order valence-corrected chi connectivity index (χ0v) is 20.3. The maximum absolute atomic E-state index is 12.6. The number of hydrazine groups is 1. The van der Waals surface area contributed by atoms with Gasteiger partial charge in [-0.05, 0) is 61.2 Å². The molecule has 0 aliphatic carbocycles. The lowest BCUT2D eigenvalue weighted by atomic mass is 10.1. The van der Waals surface area contributed by atoms with Crippen LogP contribution in [0.15, 0.2) is 46.9 Å². The third-order valence-corrected chi connectivity index (χ3v) is 5.11. The predicted octanol–water partition coefficient (Wildman–Crippen LogP) is 5.08. The summed E-state index contributed by atoms with van der Waals surface area (Å²) in [5, 5.41) is 2.79. The molecule has 0 aromatic heterocycles. The Morgan fingerprint density at radius 2 is 1.69 bits per heavy atom. The fourth-order valence-corrected chi connectivity index (χ4v) is 3.09. The van der Waals surface area contributed by atoms with Gasteiger partial charge in [0.2, 0.25) is 5.91 Å². The average molecular weight is 504 g/mol. The summed E-state index contributed by atoms with van der Waals surface area (Å²) in [6.45, 7) is 6.71. The summed E-state index contributed by atoms with van der Waals surface area (Å²) in [7, 11) is 0. The van der Waals surface area contributed by atoms with Gasteiger partial charge in [0.25, 0.3) is 11.8 Å². The molecule has 0 saturated carbocycles. The number of benzene rings is 2. The van der Waals surface area contributed by atoms with Crippen LogP contribution in [0.1, 0.15) is 67.2 Å². The van der Waals surface area contributed by atoms with E-state index in [1.807, 2.05) is 6.92 Å². The van der Waals surface area contributed by atoms with E-state index in [1.165, 1.54) is 0 Å². The molecule has 2 aromatic rings. The lowest BCUT2D eigenvalue weighted by Gasteiger charge is -2.14. The van der Waals surface area contributed by atoms with Crippen molar-refractivity contribution in [2.45, 2.75) is 46.5 Å². The Kier molecular flexibility index (Phi) is 10.2. The molecule has 3 amide bonds. The number of amides is 3. The van der Waals surface area contributed by atoms with Crippen LogP contribution in [0.2, 0.25) is 0 Å². The Bertz CT molecular complexity index is 929. The van der Waals surface area contributed by atoms with E-state index in [2.05, 4.69) is 45.9 Å². The first kappa shape index (κ1) is 25.4. The van der Waals surface area contributed by atoms with Crippen molar-refractivity contribution in [1.29, 1.82) is 0 Å². The molecule has 0 aliphatic rings. The molecule has 0 unspecified atom stereocenters. The number of nitrogens with one attached hydrogen (secondary N) is 3. The topological polar surface area (TPSA) is 96.5 Å². The minimum atomic E-state index is -0.487. The Morgan fingerprint density at radius 3 is 2.34 bits per heavy atom. The van der Waals surface area contributed by atoms with Gasteiger partial charge in [0.1, 0.15) is 5.75 Å². The number of carbonyl (C=O) groups is 3. The number of unbranched alkanes of at least 4 members (excludes halogenated alkanes) is 1. The SMILES string of the molecule is CCCCC(=O)Nc1ccc(C(=O)NNC(=O)c2cc(Br)ccc2OCCC(C)C)cc1. The van der Waals surface area contributed by atoms with E-state index in [9.17, 15) is 14.4 Å². The molecule has 0 aliphatic heterocycles. The zero-order valence-electron chi connectivity index (χ0n) is 18.7. The summed E-state index contributed by atoms with van der Waals surface area (Å²) in [4.78, 5) is 36.8. The maximum atomic E-state index is 12.6. The van der Waals surface area contributed by atoms with Crippen LogP contribution < -0.4 is 20.9 Å². The lowest BCUT2D eigenvalue weighted by molar-refractivity contribution is -0.116. The highest BCUT2D eigenvalue weighted by Crippen LogP contribution is 2.23. The number of hydrogen-bond donors (Lipinski definition) is 3. The van der Waals surface area contributed by atoms with Crippen molar-refractivity contribution in [1.82, 2.24) is 10.9 Å². The lowest BCUT2D eigenvalue weighted by Crippen LogP contribution is -2.41. The normalized spacial score (nSPS) is 10.5. The predicted molar refractivity (Wildman–Crippen MR) is 129 cm³/mol.